The zero-order valence-corrected chi connectivity index (χ0v) is 27.5. The number of aliphatic carboxylic acids is 1. The molecule has 3 aromatic rings. The van der Waals surface area contributed by atoms with Gasteiger partial charge in [0.15, 0.2) is 0 Å². The number of hydrogen-bond donors (Lipinski definition) is 4. The smallest absolute Gasteiger partial charge is 0.327 e. The normalized spacial score (nSPS) is 15.9. The standard InChI is InChI=1S/C36H40N4O7S/c1-2-26(20-32(42)40-22-48-21-30(40)36(46)47)27-15-9-14-25(16-27)18-28(33(43)34(37)44)39-35(45)29(17-23-10-5-3-6-11-23)38-31(41)19-24-12-7-4-8-13-24/h3-16,26,28-30H,2,17-22H2,1H3,(H2,37,44)(H,38,41)(H,39,45)(H,46,47)/t26-,28?,29-,30-/m0/s1. The van der Waals surface area contributed by atoms with E-state index in [0.29, 0.717) is 23.6 Å². The molecule has 1 saturated heterocycles. The number of ketones is 1. The average molecular weight is 673 g/mol. The van der Waals surface area contributed by atoms with Crippen LogP contribution in [0.2, 0.25) is 0 Å². The fourth-order valence-corrected chi connectivity index (χ4v) is 6.84. The maximum atomic E-state index is 13.7. The Morgan fingerprint density at radius 1 is 0.854 bits per heavy atom. The van der Waals surface area contributed by atoms with Crippen LogP contribution in [0, 0.1) is 0 Å². The lowest BCUT2D eigenvalue weighted by Gasteiger charge is -2.24. The lowest BCUT2D eigenvalue weighted by Crippen LogP contribution is -2.55. The number of nitrogens with zero attached hydrogens (tertiary/aromatic N) is 1. The van der Waals surface area contributed by atoms with Crippen molar-refractivity contribution in [3.63, 3.8) is 0 Å². The lowest BCUT2D eigenvalue weighted by molar-refractivity contribution is -0.147. The molecule has 1 fully saturated rings. The predicted molar refractivity (Wildman–Crippen MR) is 182 cm³/mol. The number of Topliss-reactive ketones (excluding diaryl/α,β-unsaturated/α-hetero) is 1. The quantitative estimate of drug-likeness (QED) is 0.168. The van der Waals surface area contributed by atoms with E-state index < -0.39 is 41.7 Å². The molecule has 12 heteroatoms. The first-order chi connectivity index (χ1) is 23.0. The van der Waals surface area contributed by atoms with Gasteiger partial charge in [-0.25, -0.2) is 4.79 Å². The number of primary amides is 1. The summed E-state index contributed by atoms with van der Waals surface area (Å²) >= 11 is 1.40. The average Bonchev–Trinajstić information content (AvgIpc) is 3.58. The maximum Gasteiger partial charge on any atom is 0.327 e. The molecule has 0 spiro atoms. The fourth-order valence-electron chi connectivity index (χ4n) is 5.67. The van der Waals surface area contributed by atoms with Crippen molar-refractivity contribution in [2.45, 2.75) is 63.1 Å². The summed E-state index contributed by atoms with van der Waals surface area (Å²) in [6.45, 7) is 1.93. The summed E-state index contributed by atoms with van der Waals surface area (Å²) in [6, 6.07) is 22.1. The van der Waals surface area contributed by atoms with Gasteiger partial charge in [0, 0.05) is 25.0 Å². The van der Waals surface area contributed by atoms with Crippen LogP contribution < -0.4 is 16.4 Å². The molecule has 1 heterocycles. The Kier molecular flexibility index (Phi) is 12.9. The molecule has 0 bridgehead atoms. The summed E-state index contributed by atoms with van der Waals surface area (Å²) < 4.78 is 0. The molecular weight excluding hydrogens is 632 g/mol. The van der Waals surface area contributed by atoms with Crippen LogP contribution in [0.1, 0.15) is 47.9 Å². The zero-order valence-electron chi connectivity index (χ0n) is 26.7. The van der Waals surface area contributed by atoms with Crippen molar-refractivity contribution in [1.29, 1.82) is 0 Å². The minimum atomic E-state index is -1.31. The van der Waals surface area contributed by atoms with Crippen molar-refractivity contribution < 1.29 is 33.9 Å². The summed E-state index contributed by atoms with van der Waals surface area (Å²) in [5, 5.41) is 14.9. The molecule has 5 N–H and O–H groups in total. The molecular formula is C36H40N4O7S. The van der Waals surface area contributed by atoms with Gasteiger partial charge in [0.25, 0.3) is 5.91 Å². The maximum absolute atomic E-state index is 13.7. The van der Waals surface area contributed by atoms with E-state index in [1.54, 1.807) is 24.3 Å². The minimum Gasteiger partial charge on any atom is -0.480 e. The second-order valence-corrected chi connectivity index (χ2v) is 12.7. The van der Waals surface area contributed by atoms with Gasteiger partial charge >= 0.3 is 5.97 Å². The summed E-state index contributed by atoms with van der Waals surface area (Å²) in [5.74, 6) is -4.08. The monoisotopic (exact) mass is 672 g/mol. The summed E-state index contributed by atoms with van der Waals surface area (Å²) in [5.41, 5.74) is 8.35. The molecule has 4 atom stereocenters. The van der Waals surface area contributed by atoms with Gasteiger partial charge in [0.2, 0.25) is 23.5 Å². The molecule has 0 radical (unpaired) electrons. The fraction of sp³-hybridized carbons (Fsp3) is 0.333. The van der Waals surface area contributed by atoms with Crippen LogP contribution in [-0.4, -0.2) is 75.1 Å². The van der Waals surface area contributed by atoms with Crippen molar-refractivity contribution >= 4 is 47.1 Å². The minimum absolute atomic E-state index is 0.0461. The van der Waals surface area contributed by atoms with Gasteiger partial charge in [-0.1, -0.05) is 91.9 Å². The van der Waals surface area contributed by atoms with Crippen molar-refractivity contribution in [2.24, 2.45) is 5.73 Å². The van der Waals surface area contributed by atoms with Gasteiger partial charge in [-0.2, -0.15) is 0 Å². The second-order valence-electron chi connectivity index (χ2n) is 11.7. The Hall–Kier alpha value is -4.97. The van der Waals surface area contributed by atoms with E-state index in [9.17, 15) is 33.9 Å². The molecule has 1 unspecified atom stereocenters. The SMILES string of the molecule is CC[C@@H](CC(=O)N1CSC[C@H]1C(=O)O)c1cccc(CC(NC(=O)[C@H](Cc2ccccc2)NC(=O)Cc2ccccc2)C(=O)C(N)=O)c1. The van der Waals surface area contributed by atoms with Gasteiger partial charge in [-0.3, -0.25) is 24.0 Å². The predicted octanol–water partition coefficient (Wildman–Crippen LogP) is 2.61. The molecule has 0 aliphatic carbocycles. The number of rotatable bonds is 16. The molecule has 252 valence electrons. The highest BCUT2D eigenvalue weighted by atomic mass is 32.2. The summed E-state index contributed by atoms with van der Waals surface area (Å²) in [4.78, 5) is 77.8. The molecule has 11 nitrogen and oxygen atoms in total. The Bertz CT molecular complexity index is 1620. The third-order valence-electron chi connectivity index (χ3n) is 8.28. The number of nitrogens with one attached hydrogen (secondary N) is 2. The molecule has 0 saturated carbocycles. The van der Waals surface area contributed by atoms with E-state index in [2.05, 4.69) is 10.6 Å². The van der Waals surface area contributed by atoms with Gasteiger partial charge in [-0.05, 0) is 34.6 Å². The van der Waals surface area contributed by atoms with E-state index >= 15 is 0 Å². The van der Waals surface area contributed by atoms with Crippen LogP contribution >= 0.6 is 11.8 Å². The molecule has 0 aromatic heterocycles. The first-order valence-electron chi connectivity index (χ1n) is 15.8. The van der Waals surface area contributed by atoms with Gasteiger partial charge < -0.3 is 26.4 Å². The lowest BCUT2D eigenvalue weighted by atomic mass is 9.90. The number of nitrogens with two attached hydrogens (primary N) is 1. The van der Waals surface area contributed by atoms with Crippen LogP contribution in [0.5, 0.6) is 0 Å². The molecule has 1 aliphatic rings. The first-order valence-corrected chi connectivity index (χ1v) is 16.9. The largest absolute Gasteiger partial charge is 0.480 e. The van der Waals surface area contributed by atoms with E-state index in [0.717, 1.165) is 16.7 Å². The molecule has 1 aliphatic heterocycles. The van der Waals surface area contributed by atoms with Gasteiger partial charge in [-0.15, -0.1) is 11.8 Å². The molecule has 4 amide bonds. The Morgan fingerprint density at radius 2 is 1.48 bits per heavy atom. The highest BCUT2D eigenvalue weighted by molar-refractivity contribution is 7.99. The van der Waals surface area contributed by atoms with Crippen LogP contribution in [0.25, 0.3) is 0 Å². The number of carboxylic acids is 1. The number of carboxylic acid groups (broad SMARTS) is 1. The summed E-state index contributed by atoms with van der Waals surface area (Å²) in [7, 11) is 0. The topological polar surface area (TPSA) is 176 Å². The third kappa shape index (κ3) is 10.0. The highest BCUT2D eigenvalue weighted by Gasteiger charge is 2.35. The Balaban J connectivity index is 1.51. The van der Waals surface area contributed by atoms with Crippen molar-refractivity contribution in [2.75, 3.05) is 11.6 Å². The number of thioether (sulfide) groups is 1. The van der Waals surface area contributed by atoms with Crippen molar-refractivity contribution in [3.8, 4) is 0 Å². The van der Waals surface area contributed by atoms with Gasteiger partial charge in [0.1, 0.15) is 18.1 Å². The van der Waals surface area contributed by atoms with E-state index in [1.165, 1.54) is 16.7 Å². The van der Waals surface area contributed by atoms with Crippen LogP contribution in [-0.2, 0) is 48.0 Å². The number of carbonyl (C=O) groups is 6. The molecule has 3 aromatic carbocycles. The Labute approximate surface area is 283 Å². The van der Waals surface area contributed by atoms with Gasteiger partial charge in [0.05, 0.1) is 12.3 Å². The number of amides is 4. The summed E-state index contributed by atoms with van der Waals surface area (Å²) in [6.07, 6.45) is 0.827. The number of hydrogen-bond acceptors (Lipinski definition) is 7. The zero-order chi connectivity index (χ0) is 34.6. The van der Waals surface area contributed by atoms with E-state index in [1.807, 2.05) is 67.6 Å². The van der Waals surface area contributed by atoms with Crippen LogP contribution in [0.15, 0.2) is 84.9 Å². The Morgan fingerprint density at radius 3 is 2.10 bits per heavy atom. The van der Waals surface area contributed by atoms with Crippen molar-refractivity contribution in [3.05, 3.63) is 107 Å². The van der Waals surface area contributed by atoms with E-state index in [-0.39, 0.29) is 43.4 Å². The third-order valence-corrected chi connectivity index (χ3v) is 9.29. The molecule has 48 heavy (non-hydrogen) atoms. The van der Waals surface area contributed by atoms with Crippen LogP contribution in [0.3, 0.4) is 0 Å². The van der Waals surface area contributed by atoms with Crippen molar-refractivity contribution in [1.82, 2.24) is 15.5 Å². The number of benzene rings is 3. The van der Waals surface area contributed by atoms with Crippen LogP contribution in [0.4, 0.5) is 0 Å². The number of carbonyl (C=O) groups excluding carboxylic acids is 5. The van der Waals surface area contributed by atoms with E-state index in [4.69, 9.17) is 5.73 Å². The second kappa shape index (κ2) is 17.3. The molecule has 4 rings (SSSR count). The highest BCUT2D eigenvalue weighted by Crippen LogP contribution is 2.29. The first kappa shape index (κ1) is 35.9.